The zero-order valence-corrected chi connectivity index (χ0v) is 11.1. The summed E-state index contributed by atoms with van der Waals surface area (Å²) in [7, 11) is 0. The van der Waals surface area contributed by atoms with Crippen LogP contribution in [0.5, 0.6) is 0 Å². The van der Waals surface area contributed by atoms with Crippen molar-refractivity contribution in [1.82, 2.24) is 14.8 Å². The maximum atomic E-state index is 12.7. The van der Waals surface area contributed by atoms with E-state index in [0.717, 1.165) is 12.1 Å². The minimum atomic E-state index is -4.41. The molecular formula is C12H12F3N3OS. The quantitative estimate of drug-likeness (QED) is 0.854. The van der Waals surface area contributed by atoms with Gasteiger partial charge in [0.05, 0.1) is 11.3 Å². The first kappa shape index (κ1) is 14.7. The molecular weight excluding hydrogens is 291 g/mol. The van der Waals surface area contributed by atoms with Gasteiger partial charge in [0, 0.05) is 13.0 Å². The number of alkyl halides is 3. The summed E-state index contributed by atoms with van der Waals surface area (Å²) in [6.45, 7) is -0.0256. The fourth-order valence-electron chi connectivity index (χ4n) is 1.82. The molecule has 0 radical (unpaired) electrons. The van der Waals surface area contributed by atoms with E-state index < -0.39 is 11.7 Å². The van der Waals surface area contributed by atoms with Gasteiger partial charge in [0.25, 0.3) is 0 Å². The molecule has 2 rings (SSSR count). The first-order valence-electron chi connectivity index (χ1n) is 5.88. The van der Waals surface area contributed by atoms with Crippen LogP contribution in [0.25, 0.3) is 5.69 Å². The molecule has 0 fully saturated rings. The number of hydrogen-bond donors (Lipinski definition) is 2. The summed E-state index contributed by atoms with van der Waals surface area (Å²) in [4.78, 5) is 0. The molecule has 0 atom stereocenters. The van der Waals surface area contributed by atoms with Crippen LogP contribution in [0.1, 0.15) is 17.8 Å². The Morgan fingerprint density at radius 2 is 2.10 bits per heavy atom. The largest absolute Gasteiger partial charge is 0.416 e. The Balaban J connectivity index is 2.46. The van der Waals surface area contributed by atoms with E-state index in [0.29, 0.717) is 24.4 Å². The first-order chi connectivity index (χ1) is 9.43. The second kappa shape index (κ2) is 5.76. The molecule has 1 aromatic heterocycles. The van der Waals surface area contributed by atoms with Crippen LogP contribution in [0.4, 0.5) is 13.2 Å². The number of aliphatic hydroxyl groups excluding tert-OH is 1. The van der Waals surface area contributed by atoms with Crippen molar-refractivity contribution in [2.24, 2.45) is 0 Å². The summed E-state index contributed by atoms with van der Waals surface area (Å²) in [6, 6.07) is 4.88. The van der Waals surface area contributed by atoms with Gasteiger partial charge in [-0.25, -0.2) is 0 Å². The molecule has 108 valence electrons. The summed E-state index contributed by atoms with van der Waals surface area (Å²) >= 11 is 5.04. The second-order valence-corrected chi connectivity index (χ2v) is 4.54. The van der Waals surface area contributed by atoms with Crippen LogP contribution in [-0.4, -0.2) is 26.5 Å². The van der Waals surface area contributed by atoms with Gasteiger partial charge in [-0.2, -0.15) is 18.3 Å². The van der Waals surface area contributed by atoms with Crippen molar-refractivity contribution in [2.75, 3.05) is 6.61 Å². The van der Waals surface area contributed by atoms with Crippen molar-refractivity contribution in [3.8, 4) is 5.69 Å². The van der Waals surface area contributed by atoms with Crippen molar-refractivity contribution >= 4 is 12.2 Å². The molecule has 0 saturated heterocycles. The Bertz CT molecular complexity index is 648. The van der Waals surface area contributed by atoms with Crippen molar-refractivity contribution < 1.29 is 18.3 Å². The normalized spacial score (nSPS) is 11.8. The standard InChI is InChI=1S/C12H12F3N3OS/c13-12(14,15)8-3-1-4-9(7-8)18-10(5-2-6-19)16-17-11(18)20/h1,3-4,7,19H,2,5-6H2,(H,17,20). The first-order valence-corrected chi connectivity index (χ1v) is 6.29. The van der Waals surface area contributed by atoms with E-state index in [1.807, 2.05) is 0 Å². The summed E-state index contributed by atoms with van der Waals surface area (Å²) < 4.78 is 39.8. The van der Waals surface area contributed by atoms with Gasteiger partial charge < -0.3 is 5.11 Å². The highest BCUT2D eigenvalue weighted by Crippen LogP contribution is 2.30. The Hall–Kier alpha value is -1.67. The zero-order chi connectivity index (χ0) is 14.8. The summed E-state index contributed by atoms with van der Waals surface area (Å²) in [5.74, 6) is 0.489. The predicted molar refractivity (Wildman–Crippen MR) is 69.2 cm³/mol. The molecule has 0 saturated carbocycles. The highest BCUT2D eigenvalue weighted by molar-refractivity contribution is 7.71. The molecule has 0 bridgehead atoms. The van der Waals surface area contributed by atoms with Crippen LogP contribution >= 0.6 is 12.2 Å². The summed E-state index contributed by atoms with van der Waals surface area (Å²) in [5, 5.41) is 15.4. The molecule has 1 aromatic carbocycles. The zero-order valence-electron chi connectivity index (χ0n) is 10.3. The lowest BCUT2D eigenvalue weighted by atomic mass is 10.2. The number of H-pyrrole nitrogens is 1. The minimum absolute atomic E-state index is 0.0256. The monoisotopic (exact) mass is 303 g/mol. The molecule has 0 aliphatic heterocycles. The maximum Gasteiger partial charge on any atom is 0.416 e. The van der Waals surface area contributed by atoms with Gasteiger partial charge >= 0.3 is 6.18 Å². The molecule has 0 aliphatic carbocycles. The Morgan fingerprint density at radius 1 is 1.35 bits per heavy atom. The van der Waals surface area contributed by atoms with Gasteiger partial charge in [-0.05, 0) is 36.8 Å². The number of nitrogens with one attached hydrogen (secondary N) is 1. The van der Waals surface area contributed by atoms with Crippen LogP contribution in [0, 0.1) is 4.77 Å². The number of aromatic nitrogens is 3. The molecule has 4 nitrogen and oxygen atoms in total. The Kier molecular flexibility index (Phi) is 4.24. The average molecular weight is 303 g/mol. The van der Waals surface area contributed by atoms with E-state index in [9.17, 15) is 13.2 Å². The lowest BCUT2D eigenvalue weighted by Crippen LogP contribution is -2.08. The lowest BCUT2D eigenvalue weighted by molar-refractivity contribution is -0.137. The van der Waals surface area contributed by atoms with Gasteiger partial charge in [-0.15, -0.1) is 0 Å². The van der Waals surface area contributed by atoms with Gasteiger partial charge in [-0.3, -0.25) is 9.67 Å². The lowest BCUT2D eigenvalue weighted by Gasteiger charge is -2.10. The van der Waals surface area contributed by atoms with E-state index in [4.69, 9.17) is 17.3 Å². The van der Waals surface area contributed by atoms with E-state index in [2.05, 4.69) is 10.2 Å². The minimum Gasteiger partial charge on any atom is -0.396 e. The number of nitrogens with zero attached hydrogens (tertiary/aromatic N) is 2. The number of aromatic amines is 1. The van der Waals surface area contributed by atoms with E-state index >= 15 is 0 Å². The SMILES string of the molecule is OCCCc1n[nH]c(=S)n1-c1cccc(C(F)(F)F)c1. The number of aryl methyl sites for hydroxylation is 1. The summed E-state index contributed by atoms with van der Waals surface area (Å²) in [6.07, 6.45) is -3.54. The third-order valence-electron chi connectivity index (χ3n) is 2.73. The van der Waals surface area contributed by atoms with Crippen LogP contribution in [0.15, 0.2) is 24.3 Å². The number of hydrogen-bond acceptors (Lipinski definition) is 3. The molecule has 0 aliphatic rings. The van der Waals surface area contributed by atoms with Crippen LogP contribution in [0.3, 0.4) is 0 Å². The number of halogens is 3. The number of aliphatic hydroxyl groups is 1. The van der Waals surface area contributed by atoms with Gasteiger partial charge in [0.2, 0.25) is 0 Å². The Labute approximate surface area is 117 Å². The van der Waals surface area contributed by atoms with E-state index in [-0.39, 0.29) is 11.4 Å². The van der Waals surface area contributed by atoms with Crippen molar-refractivity contribution in [3.63, 3.8) is 0 Å². The molecule has 20 heavy (non-hydrogen) atoms. The molecule has 1 heterocycles. The molecule has 0 amide bonds. The van der Waals surface area contributed by atoms with Gasteiger partial charge in [0.15, 0.2) is 4.77 Å². The molecule has 2 aromatic rings. The molecule has 2 N–H and O–H groups in total. The van der Waals surface area contributed by atoms with Crippen molar-refractivity contribution in [2.45, 2.75) is 19.0 Å². The summed E-state index contributed by atoms with van der Waals surface area (Å²) in [5.41, 5.74) is -0.447. The van der Waals surface area contributed by atoms with Gasteiger partial charge in [-0.1, -0.05) is 6.07 Å². The van der Waals surface area contributed by atoms with Crippen LogP contribution < -0.4 is 0 Å². The van der Waals surface area contributed by atoms with Crippen LogP contribution in [-0.2, 0) is 12.6 Å². The molecule has 8 heteroatoms. The number of rotatable bonds is 4. The highest BCUT2D eigenvalue weighted by atomic mass is 32.1. The van der Waals surface area contributed by atoms with Crippen molar-refractivity contribution in [3.05, 3.63) is 40.4 Å². The fraction of sp³-hybridized carbons (Fsp3) is 0.333. The third-order valence-corrected chi connectivity index (χ3v) is 3.01. The highest BCUT2D eigenvalue weighted by Gasteiger charge is 2.30. The molecule has 0 unspecified atom stereocenters. The van der Waals surface area contributed by atoms with Crippen LogP contribution in [0.2, 0.25) is 0 Å². The predicted octanol–water partition coefficient (Wildman–Crippen LogP) is 2.87. The number of benzene rings is 1. The fourth-order valence-corrected chi connectivity index (χ4v) is 2.08. The van der Waals surface area contributed by atoms with E-state index in [1.165, 1.54) is 16.7 Å². The second-order valence-electron chi connectivity index (χ2n) is 4.16. The maximum absolute atomic E-state index is 12.7. The van der Waals surface area contributed by atoms with Crippen molar-refractivity contribution in [1.29, 1.82) is 0 Å². The smallest absolute Gasteiger partial charge is 0.396 e. The van der Waals surface area contributed by atoms with E-state index in [1.54, 1.807) is 0 Å². The van der Waals surface area contributed by atoms with Gasteiger partial charge in [0.1, 0.15) is 5.82 Å². The Morgan fingerprint density at radius 3 is 2.75 bits per heavy atom. The topological polar surface area (TPSA) is 53.8 Å². The molecule has 0 spiro atoms. The third kappa shape index (κ3) is 3.07. The average Bonchev–Trinajstić information content (AvgIpc) is 2.76.